The predicted molar refractivity (Wildman–Crippen MR) is 121 cm³/mol. The van der Waals surface area contributed by atoms with Gasteiger partial charge < -0.3 is 20.9 Å². The number of hydrogen-bond acceptors (Lipinski definition) is 5. The molecule has 0 atom stereocenters. The van der Waals surface area contributed by atoms with Gasteiger partial charge in [0.15, 0.2) is 5.65 Å². The average molecular weight is 414 g/mol. The normalized spacial score (nSPS) is 10.6. The first-order valence-corrected chi connectivity index (χ1v) is 9.90. The van der Waals surface area contributed by atoms with Gasteiger partial charge in [0.2, 0.25) is 5.91 Å². The highest BCUT2D eigenvalue weighted by Crippen LogP contribution is 2.22. The molecular formula is C23H22N6O2. The third kappa shape index (κ3) is 5.05. The molecule has 2 amide bonds. The number of pyridine rings is 1. The van der Waals surface area contributed by atoms with Crippen LogP contribution in [0.1, 0.15) is 17.3 Å². The molecule has 0 aliphatic heterocycles. The quantitative estimate of drug-likeness (QED) is 0.346. The van der Waals surface area contributed by atoms with E-state index in [-0.39, 0.29) is 11.8 Å². The Kier molecular flexibility index (Phi) is 5.89. The first-order chi connectivity index (χ1) is 15.1. The van der Waals surface area contributed by atoms with Crippen molar-refractivity contribution in [3.8, 4) is 11.4 Å². The molecule has 0 saturated heterocycles. The van der Waals surface area contributed by atoms with Crippen molar-refractivity contribution in [2.75, 3.05) is 23.7 Å². The molecule has 31 heavy (non-hydrogen) atoms. The van der Waals surface area contributed by atoms with E-state index in [1.807, 2.05) is 54.6 Å². The number of fused-ring (bicyclic) bond motifs is 1. The molecule has 8 heteroatoms. The van der Waals surface area contributed by atoms with Crippen molar-refractivity contribution in [1.29, 1.82) is 0 Å². The van der Waals surface area contributed by atoms with Crippen LogP contribution in [0.3, 0.4) is 0 Å². The van der Waals surface area contributed by atoms with Crippen LogP contribution in [0, 0.1) is 0 Å². The van der Waals surface area contributed by atoms with Crippen LogP contribution in [0.15, 0.2) is 66.7 Å². The van der Waals surface area contributed by atoms with Gasteiger partial charge in [-0.15, -0.1) is 0 Å². The molecule has 156 valence electrons. The second-order valence-corrected chi connectivity index (χ2v) is 6.96. The Morgan fingerprint density at radius 3 is 2.42 bits per heavy atom. The third-order valence-corrected chi connectivity index (χ3v) is 4.60. The molecule has 0 aliphatic rings. The van der Waals surface area contributed by atoms with E-state index in [0.717, 1.165) is 11.1 Å². The van der Waals surface area contributed by atoms with E-state index in [1.165, 1.54) is 6.92 Å². The van der Waals surface area contributed by atoms with Gasteiger partial charge in [-0.3, -0.25) is 9.59 Å². The number of carbonyl (C=O) groups excluding carboxylic acids is 2. The topological polar surface area (TPSA) is 112 Å². The summed E-state index contributed by atoms with van der Waals surface area (Å²) in [5, 5.41) is 8.77. The molecule has 0 radical (unpaired) electrons. The maximum atomic E-state index is 12.3. The summed E-state index contributed by atoms with van der Waals surface area (Å²) in [5.41, 5.74) is 3.62. The van der Waals surface area contributed by atoms with E-state index in [9.17, 15) is 9.59 Å². The van der Waals surface area contributed by atoms with Crippen molar-refractivity contribution in [2.45, 2.75) is 6.92 Å². The molecule has 0 saturated carbocycles. The lowest BCUT2D eigenvalue weighted by molar-refractivity contribution is -0.118. The Labute approximate surface area is 179 Å². The summed E-state index contributed by atoms with van der Waals surface area (Å²) in [6.45, 7) is 2.58. The molecule has 0 unspecified atom stereocenters. The van der Waals surface area contributed by atoms with Crippen LogP contribution in [0.2, 0.25) is 0 Å². The molecule has 4 aromatic rings. The fourth-order valence-corrected chi connectivity index (χ4v) is 3.06. The van der Waals surface area contributed by atoms with Gasteiger partial charge in [0.25, 0.3) is 5.91 Å². The number of aromatic nitrogens is 3. The number of nitrogens with zero attached hydrogens (tertiary/aromatic N) is 2. The van der Waals surface area contributed by atoms with Gasteiger partial charge in [-0.25, -0.2) is 9.97 Å². The van der Waals surface area contributed by atoms with E-state index < -0.39 is 0 Å². The van der Waals surface area contributed by atoms with Crippen molar-refractivity contribution in [1.82, 2.24) is 20.3 Å². The Hall–Kier alpha value is -4.20. The Bertz CT molecular complexity index is 1200. The zero-order valence-electron chi connectivity index (χ0n) is 17.0. The molecule has 2 aromatic heterocycles. The van der Waals surface area contributed by atoms with E-state index in [0.29, 0.717) is 41.6 Å². The lowest BCUT2D eigenvalue weighted by Crippen LogP contribution is -2.26. The van der Waals surface area contributed by atoms with Crippen LogP contribution < -0.4 is 16.0 Å². The molecule has 0 spiro atoms. The number of imidazole rings is 1. The van der Waals surface area contributed by atoms with E-state index in [2.05, 4.69) is 30.9 Å². The number of carbonyl (C=O) groups is 2. The first kappa shape index (κ1) is 20.1. The molecule has 2 aromatic carbocycles. The van der Waals surface area contributed by atoms with Crippen molar-refractivity contribution < 1.29 is 9.59 Å². The molecule has 2 heterocycles. The summed E-state index contributed by atoms with van der Waals surface area (Å²) < 4.78 is 0. The van der Waals surface area contributed by atoms with Crippen LogP contribution in [0.25, 0.3) is 22.6 Å². The minimum Gasteiger partial charge on any atom is -0.368 e. The van der Waals surface area contributed by atoms with Gasteiger partial charge in [-0.2, -0.15) is 0 Å². The van der Waals surface area contributed by atoms with E-state index >= 15 is 0 Å². The summed E-state index contributed by atoms with van der Waals surface area (Å²) in [6.07, 6.45) is 0. The molecule has 4 N–H and O–H groups in total. The van der Waals surface area contributed by atoms with Crippen molar-refractivity contribution >= 4 is 34.5 Å². The minimum absolute atomic E-state index is 0.0622. The first-order valence-electron chi connectivity index (χ1n) is 9.90. The standard InChI is InChI=1S/C23H22N6O2/c1-15(30)24-13-14-25-20-12-11-19-22(28-20)29-21(27-19)16-7-9-18(10-8-16)26-23(31)17-5-3-2-4-6-17/h2-12H,13-14H2,1H3,(H,24,30)(H,26,31)(H2,25,27,28,29). The Morgan fingerprint density at radius 1 is 0.903 bits per heavy atom. The van der Waals surface area contributed by atoms with E-state index in [1.54, 1.807) is 12.1 Å². The number of rotatable bonds is 7. The monoisotopic (exact) mass is 414 g/mol. The summed E-state index contributed by atoms with van der Waals surface area (Å²) in [4.78, 5) is 35.5. The van der Waals surface area contributed by atoms with Crippen LogP contribution in [0.4, 0.5) is 11.5 Å². The van der Waals surface area contributed by atoms with E-state index in [4.69, 9.17) is 0 Å². The maximum absolute atomic E-state index is 12.3. The second-order valence-electron chi connectivity index (χ2n) is 6.96. The van der Waals surface area contributed by atoms with Crippen LogP contribution >= 0.6 is 0 Å². The summed E-state index contributed by atoms with van der Waals surface area (Å²) in [6, 6.07) is 20.3. The lowest BCUT2D eigenvalue weighted by Gasteiger charge is -2.05. The summed E-state index contributed by atoms with van der Waals surface area (Å²) in [7, 11) is 0. The highest BCUT2D eigenvalue weighted by Gasteiger charge is 2.09. The van der Waals surface area contributed by atoms with Crippen LogP contribution in [-0.4, -0.2) is 39.9 Å². The van der Waals surface area contributed by atoms with Gasteiger partial charge in [0.1, 0.15) is 11.6 Å². The molecule has 0 aliphatic carbocycles. The van der Waals surface area contributed by atoms with Crippen LogP contribution in [0.5, 0.6) is 0 Å². The second kappa shape index (κ2) is 9.08. The number of H-pyrrole nitrogens is 1. The average Bonchev–Trinajstić information content (AvgIpc) is 3.21. The number of benzene rings is 2. The summed E-state index contributed by atoms with van der Waals surface area (Å²) in [5.74, 6) is 1.17. The van der Waals surface area contributed by atoms with Gasteiger partial charge in [0.05, 0.1) is 5.52 Å². The smallest absolute Gasteiger partial charge is 0.255 e. The number of nitrogens with one attached hydrogen (secondary N) is 4. The molecule has 8 nitrogen and oxygen atoms in total. The lowest BCUT2D eigenvalue weighted by atomic mass is 10.1. The summed E-state index contributed by atoms with van der Waals surface area (Å²) >= 11 is 0. The van der Waals surface area contributed by atoms with Gasteiger partial charge in [-0.1, -0.05) is 18.2 Å². The number of amides is 2. The van der Waals surface area contributed by atoms with Gasteiger partial charge >= 0.3 is 0 Å². The molecule has 0 fully saturated rings. The van der Waals surface area contributed by atoms with Crippen molar-refractivity contribution in [3.63, 3.8) is 0 Å². The largest absolute Gasteiger partial charge is 0.368 e. The highest BCUT2D eigenvalue weighted by molar-refractivity contribution is 6.04. The minimum atomic E-state index is -0.153. The number of aromatic amines is 1. The van der Waals surface area contributed by atoms with Crippen molar-refractivity contribution in [2.24, 2.45) is 0 Å². The Balaban J connectivity index is 1.43. The van der Waals surface area contributed by atoms with Crippen molar-refractivity contribution in [3.05, 3.63) is 72.3 Å². The maximum Gasteiger partial charge on any atom is 0.255 e. The third-order valence-electron chi connectivity index (χ3n) is 4.60. The number of anilines is 2. The fraction of sp³-hybridized carbons (Fsp3) is 0.130. The zero-order chi connectivity index (χ0) is 21.6. The van der Waals surface area contributed by atoms with Gasteiger partial charge in [-0.05, 0) is 48.5 Å². The predicted octanol–water partition coefficient (Wildman–Crippen LogP) is 3.43. The van der Waals surface area contributed by atoms with Gasteiger partial charge in [0, 0.05) is 36.8 Å². The fourth-order valence-electron chi connectivity index (χ4n) is 3.06. The number of hydrogen-bond donors (Lipinski definition) is 4. The van der Waals surface area contributed by atoms with Crippen LogP contribution in [-0.2, 0) is 4.79 Å². The Morgan fingerprint density at radius 2 is 1.68 bits per heavy atom. The SMILES string of the molecule is CC(=O)NCCNc1ccc2[nH]c(-c3ccc(NC(=O)c4ccccc4)cc3)nc2n1. The zero-order valence-corrected chi connectivity index (χ0v) is 17.0. The highest BCUT2D eigenvalue weighted by atomic mass is 16.2. The molecular weight excluding hydrogens is 392 g/mol. The molecule has 4 rings (SSSR count). The molecule has 0 bridgehead atoms.